The Morgan fingerprint density at radius 1 is 1.19 bits per heavy atom. The molecule has 0 spiro atoms. The molecule has 2 rings (SSSR count). The standard InChI is InChI=1S/C15H12BrFN2OS/c16-11-6-7-13(12(17)9-11)18-15(21)19-14(20)8-10-4-2-1-3-5-10/h1-7,9H,8H2,(H2,18,19,20,21). The second-order valence-electron chi connectivity index (χ2n) is 4.29. The van der Waals surface area contributed by atoms with Crippen molar-refractivity contribution in [1.29, 1.82) is 0 Å². The van der Waals surface area contributed by atoms with Gasteiger partial charge in [0, 0.05) is 4.47 Å². The molecule has 0 radical (unpaired) electrons. The third-order valence-corrected chi connectivity index (χ3v) is 3.34. The number of thiocarbonyl (C=S) groups is 1. The van der Waals surface area contributed by atoms with Gasteiger partial charge in [-0.2, -0.15) is 0 Å². The lowest BCUT2D eigenvalue weighted by Gasteiger charge is -2.10. The van der Waals surface area contributed by atoms with Crippen LogP contribution in [0, 0.1) is 5.82 Å². The Bertz CT molecular complexity index is 664. The minimum Gasteiger partial charge on any atom is -0.330 e. The van der Waals surface area contributed by atoms with E-state index in [-0.39, 0.29) is 23.1 Å². The lowest BCUT2D eigenvalue weighted by molar-refractivity contribution is -0.119. The highest BCUT2D eigenvalue weighted by molar-refractivity contribution is 9.10. The van der Waals surface area contributed by atoms with E-state index in [1.165, 1.54) is 12.1 Å². The van der Waals surface area contributed by atoms with Crippen molar-refractivity contribution in [3.05, 3.63) is 64.4 Å². The van der Waals surface area contributed by atoms with Gasteiger partial charge in [-0.1, -0.05) is 46.3 Å². The molecule has 0 atom stereocenters. The molecule has 0 unspecified atom stereocenters. The van der Waals surface area contributed by atoms with E-state index in [4.69, 9.17) is 12.2 Å². The Balaban J connectivity index is 1.91. The van der Waals surface area contributed by atoms with E-state index >= 15 is 0 Å². The van der Waals surface area contributed by atoms with Gasteiger partial charge in [-0.05, 0) is 36.0 Å². The number of halogens is 2. The van der Waals surface area contributed by atoms with Gasteiger partial charge >= 0.3 is 0 Å². The predicted octanol–water partition coefficient (Wildman–Crippen LogP) is 3.64. The Labute approximate surface area is 135 Å². The Morgan fingerprint density at radius 2 is 1.90 bits per heavy atom. The van der Waals surface area contributed by atoms with Crippen molar-refractivity contribution in [2.24, 2.45) is 0 Å². The van der Waals surface area contributed by atoms with Crippen LogP contribution < -0.4 is 10.6 Å². The number of rotatable bonds is 3. The maximum absolute atomic E-state index is 13.6. The minimum absolute atomic E-state index is 0.0668. The van der Waals surface area contributed by atoms with Gasteiger partial charge in [-0.3, -0.25) is 4.79 Å². The first-order valence-corrected chi connectivity index (χ1v) is 7.34. The fourth-order valence-electron chi connectivity index (χ4n) is 1.70. The van der Waals surface area contributed by atoms with Crippen LogP contribution in [0.15, 0.2) is 53.0 Å². The van der Waals surface area contributed by atoms with E-state index in [9.17, 15) is 9.18 Å². The maximum Gasteiger partial charge on any atom is 0.230 e. The number of hydrogen-bond donors (Lipinski definition) is 2. The molecule has 2 aromatic rings. The summed E-state index contributed by atoms with van der Waals surface area (Å²) >= 11 is 8.17. The smallest absolute Gasteiger partial charge is 0.230 e. The molecule has 0 aliphatic carbocycles. The number of amides is 1. The first kappa shape index (κ1) is 15.6. The summed E-state index contributed by atoms with van der Waals surface area (Å²) in [6.45, 7) is 0. The van der Waals surface area contributed by atoms with Gasteiger partial charge < -0.3 is 10.6 Å². The molecule has 3 nitrogen and oxygen atoms in total. The Hall–Kier alpha value is -1.79. The fraction of sp³-hybridized carbons (Fsp3) is 0.0667. The summed E-state index contributed by atoms with van der Waals surface area (Å²) in [5.74, 6) is -0.708. The van der Waals surface area contributed by atoms with E-state index in [1.807, 2.05) is 30.3 Å². The van der Waals surface area contributed by atoms with Crippen molar-refractivity contribution in [3.63, 3.8) is 0 Å². The summed E-state index contributed by atoms with van der Waals surface area (Å²) in [6.07, 6.45) is 0.214. The highest BCUT2D eigenvalue weighted by Gasteiger charge is 2.08. The van der Waals surface area contributed by atoms with E-state index in [1.54, 1.807) is 6.07 Å². The quantitative estimate of drug-likeness (QED) is 0.814. The van der Waals surface area contributed by atoms with Gasteiger partial charge in [0.1, 0.15) is 5.82 Å². The number of carbonyl (C=O) groups excluding carboxylic acids is 1. The van der Waals surface area contributed by atoms with Crippen molar-refractivity contribution in [1.82, 2.24) is 5.32 Å². The SMILES string of the molecule is O=C(Cc1ccccc1)NC(=S)Nc1ccc(Br)cc1F. The molecule has 1 amide bonds. The van der Waals surface area contributed by atoms with Crippen molar-refractivity contribution < 1.29 is 9.18 Å². The average molecular weight is 367 g/mol. The van der Waals surface area contributed by atoms with Crippen LogP contribution in [-0.2, 0) is 11.2 Å². The fourth-order valence-corrected chi connectivity index (χ4v) is 2.25. The van der Waals surface area contributed by atoms with Gasteiger partial charge in [0.25, 0.3) is 0 Å². The van der Waals surface area contributed by atoms with Crippen LogP contribution in [0.5, 0.6) is 0 Å². The van der Waals surface area contributed by atoms with Crippen LogP contribution in [0.25, 0.3) is 0 Å². The zero-order chi connectivity index (χ0) is 15.2. The van der Waals surface area contributed by atoms with E-state index in [0.717, 1.165) is 5.56 Å². The monoisotopic (exact) mass is 366 g/mol. The van der Waals surface area contributed by atoms with Crippen molar-refractivity contribution in [2.45, 2.75) is 6.42 Å². The molecule has 0 fully saturated rings. The molecule has 21 heavy (non-hydrogen) atoms. The highest BCUT2D eigenvalue weighted by atomic mass is 79.9. The van der Waals surface area contributed by atoms with E-state index in [0.29, 0.717) is 4.47 Å². The lowest BCUT2D eigenvalue weighted by atomic mass is 10.1. The van der Waals surface area contributed by atoms with Crippen molar-refractivity contribution in [2.75, 3.05) is 5.32 Å². The van der Waals surface area contributed by atoms with Gasteiger partial charge in [-0.25, -0.2) is 4.39 Å². The van der Waals surface area contributed by atoms with Gasteiger partial charge in [0.15, 0.2) is 5.11 Å². The molecule has 108 valence electrons. The number of nitrogens with one attached hydrogen (secondary N) is 2. The van der Waals surface area contributed by atoms with E-state index in [2.05, 4.69) is 26.6 Å². The number of benzene rings is 2. The van der Waals surface area contributed by atoms with Crippen LogP contribution in [0.4, 0.5) is 10.1 Å². The minimum atomic E-state index is -0.455. The molecule has 0 aliphatic heterocycles. The van der Waals surface area contributed by atoms with Crippen LogP contribution >= 0.6 is 28.1 Å². The molecule has 0 saturated carbocycles. The average Bonchev–Trinajstić information content (AvgIpc) is 2.43. The maximum atomic E-state index is 13.6. The van der Waals surface area contributed by atoms with Crippen LogP contribution in [0.1, 0.15) is 5.56 Å². The van der Waals surface area contributed by atoms with E-state index < -0.39 is 5.82 Å². The van der Waals surface area contributed by atoms with Gasteiger partial charge in [0.05, 0.1) is 12.1 Å². The summed E-state index contributed by atoms with van der Waals surface area (Å²) in [6, 6.07) is 13.8. The number of carbonyl (C=O) groups is 1. The zero-order valence-corrected chi connectivity index (χ0v) is 13.3. The summed E-state index contributed by atoms with van der Waals surface area (Å²) in [5, 5.41) is 5.25. The number of hydrogen-bond acceptors (Lipinski definition) is 2. The summed E-state index contributed by atoms with van der Waals surface area (Å²) in [5.41, 5.74) is 1.09. The molecule has 0 bridgehead atoms. The third-order valence-electron chi connectivity index (χ3n) is 2.64. The van der Waals surface area contributed by atoms with Crippen LogP contribution in [0.3, 0.4) is 0 Å². The molecular weight excluding hydrogens is 355 g/mol. The Morgan fingerprint density at radius 3 is 2.57 bits per heavy atom. The topological polar surface area (TPSA) is 41.1 Å². The van der Waals surface area contributed by atoms with Crippen molar-refractivity contribution in [3.8, 4) is 0 Å². The summed E-state index contributed by atoms with van der Waals surface area (Å²) in [4.78, 5) is 11.8. The molecule has 0 heterocycles. The van der Waals surface area contributed by atoms with Gasteiger partial charge in [0.2, 0.25) is 5.91 Å². The zero-order valence-electron chi connectivity index (χ0n) is 10.9. The first-order valence-electron chi connectivity index (χ1n) is 6.14. The predicted molar refractivity (Wildman–Crippen MR) is 88.6 cm³/mol. The second-order valence-corrected chi connectivity index (χ2v) is 5.61. The largest absolute Gasteiger partial charge is 0.330 e. The van der Waals surface area contributed by atoms with Gasteiger partial charge in [-0.15, -0.1) is 0 Å². The molecular formula is C15H12BrFN2OS. The number of anilines is 1. The van der Waals surface area contributed by atoms with Crippen molar-refractivity contribution >= 4 is 44.9 Å². The molecule has 2 N–H and O–H groups in total. The van der Waals surface area contributed by atoms with Crippen LogP contribution in [-0.4, -0.2) is 11.0 Å². The highest BCUT2D eigenvalue weighted by Crippen LogP contribution is 2.19. The third kappa shape index (κ3) is 4.91. The lowest BCUT2D eigenvalue weighted by Crippen LogP contribution is -2.35. The molecule has 6 heteroatoms. The first-order chi connectivity index (χ1) is 10.0. The Kier molecular flexibility index (Phi) is 5.41. The summed E-state index contributed by atoms with van der Waals surface area (Å²) in [7, 11) is 0. The molecule has 2 aromatic carbocycles. The molecule has 0 saturated heterocycles. The summed E-state index contributed by atoms with van der Waals surface area (Å²) < 4.78 is 14.3. The molecule has 0 aromatic heterocycles. The normalized spacial score (nSPS) is 10.0. The second kappa shape index (κ2) is 7.28. The van der Waals surface area contributed by atoms with Crippen LogP contribution in [0.2, 0.25) is 0 Å². The molecule has 0 aliphatic rings.